The first-order valence-corrected chi connectivity index (χ1v) is 12.3. The Kier molecular flexibility index (Phi) is 6.72. The minimum absolute atomic E-state index is 0.0298. The number of rotatable bonds is 8. The molecule has 3 aromatic rings. The molecule has 9 heteroatoms. The summed E-state index contributed by atoms with van der Waals surface area (Å²) in [6, 6.07) is 5.82. The topological polar surface area (TPSA) is 57.3 Å². The van der Waals surface area contributed by atoms with Gasteiger partial charge in [-0.1, -0.05) is 19.9 Å². The summed E-state index contributed by atoms with van der Waals surface area (Å²) in [6.07, 6.45) is 0.729. The fourth-order valence-corrected chi connectivity index (χ4v) is 5.48. The van der Waals surface area contributed by atoms with Gasteiger partial charge in [0.05, 0.1) is 12.7 Å². The predicted octanol–water partition coefficient (Wildman–Crippen LogP) is 4.51. The molecule has 0 bridgehead atoms. The second-order valence-electron chi connectivity index (χ2n) is 10.3. The largest absolute Gasteiger partial charge is 0.492 e. The lowest BCUT2D eigenvalue weighted by atomic mass is 9.83. The molecule has 2 aliphatic heterocycles. The molecule has 35 heavy (non-hydrogen) atoms. The lowest BCUT2D eigenvalue weighted by molar-refractivity contribution is 0.0667. The van der Waals surface area contributed by atoms with Crippen LogP contribution in [0.1, 0.15) is 43.5 Å². The highest BCUT2D eigenvalue weighted by Gasteiger charge is 2.38. The maximum atomic E-state index is 15.6. The lowest BCUT2D eigenvalue weighted by Gasteiger charge is -2.43. The smallest absolute Gasteiger partial charge is 0.134 e. The molecule has 188 valence electrons. The van der Waals surface area contributed by atoms with Gasteiger partial charge in [0.25, 0.3) is 0 Å². The van der Waals surface area contributed by atoms with Gasteiger partial charge in [-0.15, -0.1) is 0 Å². The molecule has 2 aliphatic rings. The van der Waals surface area contributed by atoms with Crippen molar-refractivity contribution >= 4 is 11.0 Å². The number of H-pyrrole nitrogens is 1. The third kappa shape index (κ3) is 4.63. The van der Waals surface area contributed by atoms with Gasteiger partial charge < -0.3 is 4.74 Å². The van der Waals surface area contributed by atoms with E-state index in [2.05, 4.69) is 46.0 Å². The number of fused-ring (bicyclic) bond motifs is 3. The van der Waals surface area contributed by atoms with Gasteiger partial charge in [-0.05, 0) is 36.5 Å². The van der Waals surface area contributed by atoms with Crippen molar-refractivity contribution in [3.63, 3.8) is 0 Å². The highest BCUT2D eigenvalue weighted by atomic mass is 19.1. The van der Waals surface area contributed by atoms with Gasteiger partial charge in [0.2, 0.25) is 0 Å². The molecule has 1 aromatic heterocycles. The van der Waals surface area contributed by atoms with Gasteiger partial charge in [0.15, 0.2) is 0 Å². The molecule has 2 aromatic carbocycles. The maximum absolute atomic E-state index is 15.6. The lowest BCUT2D eigenvalue weighted by Crippen LogP contribution is -2.49. The van der Waals surface area contributed by atoms with Crippen molar-refractivity contribution in [2.24, 2.45) is 11.8 Å². The second-order valence-corrected chi connectivity index (χ2v) is 10.3. The Morgan fingerprint density at radius 1 is 1.14 bits per heavy atom. The monoisotopic (exact) mass is 487 g/mol. The van der Waals surface area contributed by atoms with Crippen molar-refractivity contribution in [2.45, 2.75) is 39.3 Å². The summed E-state index contributed by atoms with van der Waals surface area (Å²) in [7, 11) is 0. The zero-order valence-electron chi connectivity index (χ0n) is 20.4. The average Bonchev–Trinajstić information content (AvgIpc) is 3.26. The maximum Gasteiger partial charge on any atom is 0.134 e. The third-order valence-corrected chi connectivity index (χ3v) is 7.15. The van der Waals surface area contributed by atoms with Gasteiger partial charge in [-0.3, -0.25) is 14.2 Å². The van der Waals surface area contributed by atoms with E-state index in [9.17, 15) is 4.39 Å². The van der Waals surface area contributed by atoms with Crippen LogP contribution in [0.15, 0.2) is 24.3 Å². The fraction of sp³-hybridized carbons (Fsp3) is 0.538. The summed E-state index contributed by atoms with van der Waals surface area (Å²) in [4.78, 5) is 4.26. The number of hydrogen-bond acceptors (Lipinski definition) is 5. The van der Waals surface area contributed by atoms with Crippen molar-refractivity contribution in [1.82, 2.24) is 25.2 Å². The van der Waals surface area contributed by atoms with Crippen LogP contribution in [-0.4, -0.2) is 70.7 Å². The Morgan fingerprint density at radius 2 is 1.89 bits per heavy atom. The van der Waals surface area contributed by atoms with Crippen molar-refractivity contribution < 1.29 is 17.9 Å². The van der Waals surface area contributed by atoms with Crippen molar-refractivity contribution in [1.29, 1.82) is 0 Å². The summed E-state index contributed by atoms with van der Waals surface area (Å²) in [5.41, 5.74) is 3.37. The Labute approximate surface area is 203 Å². The number of benzene rings is 2. The Balaban J connectivity index is 1.45. The highest BCUT2D eigenvalue weighted by Crippen LogP contribution is 2.42. The molecule has 0 saturated carbocycles. The standard InChI is InChI=1S/C26H32F3N5O/c1-15(2)12-34-16(3)8-20-19(4-5-23-25(20)31-32-30-23)26(34)24-21(28)9-18(10-22(24)29)35-7-6-33-13-17(11-27)14-33/h4-5,9-10,15-17,26H,6-8,11-14H2,1-3H3,(H,30,31,32). The molecule has 0 spiro atoms. The summed E-state index contributed by atoms with van der Waals surface area (Å²) >= 11 is 0. The first-order chi connectivity index (χ1) is 16.9. The highest BCUT2D eigenvalue weighted by molar-refractivity contribution is 5.79. The van der Waals surface area contributed by atoms with Gasteiger partial charge in [-0.2, -0.15) is 15.4 Å². The first-order valence-electron chi connectivity index (χ1n) is 12.3. The number of alkyl halides is 1. The van der Waals surface area contributed by atoms with Crippen molar-refractivity contribution in [3.8, 4) is 5.75 Å². The van der Waals surface area contributed by atoms with E-state index in [1.54, 1.807) is 0 Å². The van der Waals surface area contributed by atoms with E-state index < -0.39 is 17.7 Å². The quantitative estimate of drug-likeness (QED) is 0.507. The molecular weight excluding hydrogens is 455 g/mol. The predicted molar refractivity (Wildman–Crippen MR) is 128 cm³/mol. The second kappa shape index (κ2) is 9.78. The van der Waals surface area contributed by atoms with Gasteiger partial charge >= 0.3 is 0 Å². The molecule has 0 radical (unpaired) electrons. The molecule has 1 N–H and O–H groups in total. The van der Waals surface area contributed by atoms with E-state index in [-0.39, 0.29) is 29.9 Å². The van der Waals surface area contributed by atoms with Gasteiger partial charge in [-0.25, -0.2) is 8.78 Å². The summed E-state index contributed by atoms with van der Waals surface area (Å²) in [6.45, 7) is 9.00. The van der Waals surface area contributed by atoms with Crippen LogP contribution in [-0.2, 0) is 6.42 Å². The summed E-state index contributed by atoms with van der Waals surface area (Å²) < 4.78 is 49.5. The summed E-state index contributed by atoms with van der Waals surface area (Å²) in [5, 5.41) is 11.2. The molecule has 2 unspecified atom stereocenters. The number of nitrogens with zero attached hydrogens (tertiary/aromatic N) is 4. The average molecular weight is 488 g/mol. The molecule has 5 rings (SSSR count). The molecule has 1 fully saturated rings. The molecule has 2 atom stereocenters. The van der Waals surface area contributed by atoms with E-state index in [0.29, 0.717) is 38.7 Å². The van der Waals surface area contributed by atoms with Crippen LogP contribution in [0.4, 0.5) is 13.2 Å². The van der Waals surface area contributed by atoms with Gasteiger partial charge in [0, 0.05) is 55.8 Å². The van der Waals surface area contributed by atoms with E-state index in [1.165, 1.54) is 12.1 Å². The van der Waals surface area contributed by atoms with Crippen LogP contribution < -0.4 is 4.74 Å². The minimum atomic E-state index is -0.625. The zero-order chi connectivity index (χ0) is 24.7. The van der Waals surface area contributed by atoms with Crippen LogP contribution in [0, 0.1) is 23.5 Å². The van der Waals surface area contributed by atoms with E-state index in [0.717, 1.165) is 28.6 Å². The van der Waals surface area contributed by atoms with Gasteiger partial charge in [0.1, 0.15) is 35.0 Å². The number of likely N-dealkylation sites (tertiary alicyclic amines) is 1. The van der Waals surface area contributed by atoms with Crippen molar-refractivity contribution in [3.05, 3.63) is 52.6 Å². The molecule has 0 amide bonds. The van der Waals surface area contributed by atoms with Crippen LogP contribution in [0.2, 0.25) is 0 Å². The number of aromatic nitrogens is 3. The number of halogens is 3. The number of hydrogen-bond donors (Lipinski definition) is 1. The van der Waals surface area contributed by atoms with E-state index in [4.69, 9.17) is 4.74 Å². The first kappa shape index (κ1) is 24.1. The van der Waals surface area contributed by atoms with Crippen LogP contribution >= 0.6 is 0 Å². The minimum Gasteiger partial charge on any atom is -0.492 e. The third-order valence-electron chi connectivity index (χ3n) is 7.15. The SMILES string of the molecule is CC(C)CN1C(C)Cc2c(ccc3n[nH]nc23)C1c1c(F)cc(OCCN2CC(CF)C2)cc1F. The molecule has 6 nitrogen and oxygen atoms in total. The normalized spacial score (nSPS) is 21.5. The Morgan fingerprint density at radius 3 is 2.57 bits per heavy atom. The van der Waals surface area contributed by atoms with Crippen LogP contribution in [0.3, 0.4) is 0 Å². The number of nitrogens with one attached hydrogen (secondary N) is 1. The Bertz CT molecular complexity index is 1170. The molecular formula is C26H32F3N5O. The molecule has 0 aliphatic carbocycles. The Hall–Kier alpha value is -2.65. The van der Waals surface area contributed by atoms with E-state index >= 15 is 8.78 Å². The van der Waals surface area contributed by atoms with Crippen molar-refractivity contribution in [2.75, 3.05) is 39.5 Å². The number of aromatic amines is 1. The number of ether oxygens (including phenoxy) is 1. The van der Waals surface area contributed by atoms with E-state index in [1.807, 2.05) is 12.1 Å². The summed E-state index contributed by atoms with van der Waals surface area (Å²) in [5.74, 6) is -0.666. The van der Waals surface area contributed by atoms with Crippen LogP contribution in [0.25, 0.3) is 11.0 Å². The zero-order valence-corrected chi connectivity index (χ0v) is 20.4. The molecule has 3 heterocycles. The van der Waals surface area contributed by atoms with Crippen LogP contribution in [0.5, 0.6) is 5.75 Å². The molecule has 1 saturated heterocycles. The fourth-order valence-electron chi connectivity index (χ4n) is 5.48.